The minimum atomic E-state index is -0.116. The number of nitrogens with zero attached hydrogens (tertiary/aromatic N) is 1. The number of nitrogens with one attached hydrogen (secondary N) is 3. The van der Waals surface area contributed by atoms with E-state index in [1.165, 1.54) is 5.56 Å². The molecule has 0 saturated carbocycles. The standard InChI is InChI=1S/C21H30N4O2/c1-4-21(5-2,17-10-7-6-8-11-17)16-25-20(22-3)24-15-19(26)23-14-18-12-9-13-27-18/h6-13H,4-5,14-16H2,1-3H3,(H,23,26)(H2,22,24,25). The molecule has 0 saturated heterocycles. The Morgan fingerprint density at radius 1 is 1.04 bits per heavy atom. The first-order valence-electron chi connectivity index (χ1n) is 9.42. The van der Waals surface area contributed by atoms with E-state index in [1.54, 1.807) is 19.4 Å². The lowest BCUT2D eigenvalue weighted by molar-refractivity contribution is -0.120. The molecule has 0 unspecified atom stereocenters. The summed E-state index contributed by atoms with van der Waals surface area (Å²) in [6.45, 7) is 5.68. The molecular formula is C21H30N4O2. The van der Waals surface area contributed by atoms with Gasteiger partial charge in [0.15, 0.2) is 5.96 Å². The Morgan fingerprint density at radius 3 is 2.37 bits per heavy atom. The Bertz CT molecular complexity index is 707. The fourth-order valence-electron chi connectivity index (χ4n) is 3.10. The third-order valence-corrected chi connectivity index (χ3v) is 5.01. The van der Waals surface area contributed by atoms with Gasteiger partial charge < -0.3 is 20.4 Å². The smallest absolute Gasteiger partial charge is 0.239 e. The van der Waals surface area contributed by atoms with Crippen molar-refractivity contribution in [1.29, 1.82) is 0 Å². The van der Waals surface area contributed by atoms with E-state index in [9.17, 15) is 4.79 Å². The molecule has 0 radical (unpaired) electrons. The molecule has 1 aromatic carbocycles. The fourth-order valence-corrected chi connectivity index (χ4v) is 3.10. The lowest BCUT2D eigenvalue weighted by Gasteiger charge is -2.33. The molecule has 0 aliphatic carbocycles. The highest BCUT2D eigenvalue weighted by molar-refractivity contribution is 5.86. The molecule has 1 aromatic heterocycles. The summed E-state index contributed by atoms with van der Waals surface area (Å²) in [7, 11) is 1.71. The topological polar surface area (TPSA) is 78.7 Å². The van der Waals surface area contributed by atoms with Gasteiger partial charge in [-0.15, -0.1) is 0 Å². The fraction of sp³-hybridized carbons (Fsp3) is 0.429. The van der Waals surface area contributed by atoms with Crippen LogP contribution in [0.4, 0.5) is 0 Å². The second-order valence-electron chi connectivity index (χ2n) is 6.49. The third-order valence-electron chi connectivity index (χ3n) is 5.01. The van der Waals surface area contributed by atoms with Crippen molar-refractivity contribution in [3.8, 4) is 0 Å². The largest absolute Gasteiger partial charge is 0.467 e. The second-order valence-corrected chi connectivity index (χ2v) is 6.49. The van der Waals surface area contributed by atoms with E-state index in [1.807, 2.05) is 12.1 Å². The molecule has 0 fully saturated rings. The van der Waals surface area contributed by atoms with E-state index >= 15 is 0 Å². The van der Waals surface area contributed by atoms with Crippen LogP contribution in [0.25, 0.3) is 0 Å². The van der Waals surface area contributed by atoms with Crippen molar-refractivity contribution in [2.45, 2.75) is 38.6 Å². The molecule has 1 amide bonds. The first kappa shape index (κ1) is 20.6. The lowest BCUT2D eigenvalue weighted by atomic mass is 9.76. The molecule has 2 rings (SSSR count). The molecule has 0 aliphatic heterocycles. The van der Waals surface area contributed by atoms with Gasteiger partial charge in [-0.1, -0.05) is 44.2 Å². The highest BCUT2D eigenvalue weighted by Crippen LogP contribution is 2.30. The molecule has 0 atom stereocenters. The monoisotopic (exact) mass is 370 g/mol. The minimum Gasteiger partial charge on any atom is -0.467 e. The summed E-state index contributed by atoms with van der Waals surface area (Å²) in [6.07, 6.45) is 3.62. The van der Waals surface area contributed by atoms with Crippen molar-refractivity contribution < 1.29 is 9.21 Å². The number of furan rings is 1. The molecule has 6 heteroatoms. The Morgan fingerprint density at radius 2 is 1.78 bits per heavy atom. The summed E-state index contributed by atoms with van der Waals surface area (Å²) in [5.41, 5.74) is 1.34. The van der Waals surface area contributed by atoms with Gasteiger partial charge in [-0.05, 0) is 30.5 Å². The minimum absolute atomic E-state index is 0.0282. The van der Waals surface area contributed by atoms with Crippen molar-refractivity contribution >= 4 is 11.9 Å². The van der Waals surface area contributed by atoms with Crippen LogP contribution in [0, 0.1) is 0 Å². The van der Waals surface area contributed by atoms with Gasteiger partial charge in [0.1, 0.15) is 5.76 Å². The van der Waals surface area contributed by atoms with Gasteiger partial charge in [0.2, 0.25) is 5.91 Å². The van der Waals surface area contributed by atoms with Crippen LogP contribution in [0.15, 0.2) is 58.1 Å². The molecular weight excluding hydrogens is 340 g/mol. The van der Waals surface area contributed by atoms with Crippen LogP contribution in [0.3, 0.4) is 0 Å². The second kappa shape index (κ2) is 10.4. The first-order valence-corrected chi connectivity index (χ1v) is 9.42. The van der Waals surface area contributed by atoms with Gasteiger partial charge in [0.05, 0.1) is 19.4 Å². The number of hydrogen-bond acceptors (Lipinski definition) is 3. The molecule has 1 heterocycles. The van der Waals surface area contributed by atoms with E-state index in [4.69, 9.17) is 4.42 Å². The highest BCUT2D eigenvalue weighted by Gasteiger charge is 2.28. The molecule has 0 aliphatic rings. The summed E-state index contributed by atoms with van der Waals surface area (Å²) in [5, 5.41) is 9.25. The van der Waals surface area contributed by atoms with E-state index in [-0.39, 0.29) is 17.9 Å². The molecule has 0 spiro atoms. The van der Waals surface area contributed by atoms with E-state index in [2.05, 4.69) is 59.1 Å². The summed E-state index contributed by atoms with van der Waals surface area (Å²) in [4.78, 5) is 16.2. The maximum Gasteiger partial charge on any atom is 0.239 e. The Balaban J connectivity index is 1.85. The van der Waals surface area contributed by atoms with Crippen LogP contribution < -0.4 is 16.0 Å². The quantitative estimate of drug-likeness (QED) is 0.468. The van der Waals surface area contributed by atoms with Crippen LogP contribution >= 0.6 is 0 Å². The van der Waals surface area contributed by atoms with E-state index < -0.39 is 0 Å². The summed E-state index contributed by atoms with van der Waals surface area (Å²) >= 11 is 0. The summed E-state index contributed by atoms with van der Waals surface area (Å²) < 4.78 is 5.20. The Kier molecular flexibility index (Phi) is 7.92. The lowest BCUT2D eigenvalue weighted by Crippen LogP contribution is -2.47. The first-order chi connectivity index (χ1) is 13.1. The Labute approximate surface area is 161 Å². The third kappa shape index (κ3) is 5.88. The van der Waals surface area contributed by atoms with E-state index in [0.717, 1.165) is 25.1 Å². The number of rotatable bonds is 9. The molecule has 27 heavy (non-hydrogen) atoms. The number of carbonyl (C=O) groups excluding carboxylic acids is 1. The van der Waals surface area contributed by atoms with Gasteiger partial charge in [-0.2, -0.15) is 0 Å². The molecule has 6 nitrogen and oxygen atoms in total. The highest BCUT2D eigenvalue weighted by atomic mass is 16.3. The van der Waals surface area contributed by atoms with Gasteiger partial charge in [-0.3, -0.25) is 9.79 Å². The number of guanidine groups is 1. The van der Waals surface area contributed by atoms with Crippen molar-refractivity contribution in [1.82, 2.24) is 16.0 Å². The van der Waals surface area contributed by atoms with Crippen LogP contribution in [-0.4, -0.2) is 32.0 Å². The number of carbonyl (C=O) groups is 1. The SMILES string of the molecule is CCC(CC)(CNC(=NC)NCC(=O)NCc1ccco1)c1ccccc1. The predicted molar refractivity (Wildman–Crippen MR) is 109 cm³/mol. The normalized spacial score (nSPS) is 11.9. The Hall–Kier alpha value is -2.76. The average Bonchev–Trinajstić information content (AvgIpc) is 3.24. The van der Waals surface area contributed by atoms with E-state index in [0.29, 0.717) is 12.5 Å². The average molecular weight is 370 g/mol. The number of hydrogen-bond donors (Lipinski definition) is 3. The van der Waals surface area contributed by atoms with Gasteiger partial charge in [-0.25, -0.2) is 0 Å². The molecule has 146 valence electrons. The van der Waals surface area contributed by atoms with Crippen LogP contribution in [-0.2, 0) is 16.8 Å². The molecule has 3 N–H and O–H groups in total. The van der Waals surface area contributed by atoms with Crippen molar-refractivity contribution in [3.63, 3.8) is 0 Å². The zero-order valence-electron chi connectivity index (χ0n) is 16.4. The maximum atomic E-state index is 12.0. The molecule has 0 bridgehead atoms. The van der Waals surface area contributed by atoms with Gasteiger partial charge in [0.25, 0.3) is 0 Å². The summed E-state index contributed by atoms with van der Waals surface area (Å²) in [5.74, 6) is 1.23. The summed E-state index contributed by atoms with van der Waals surface area (Å²) in [6, 6.07) is 14.2. The molecule has 2 aromatic rings. The number of benzene rings is 1. The zero-order valence-corrected chi connectivity index (χ0v) is 16.4. The van der Waals surface area contributed by atoms with Crippen LogP contribution in [0.2, 0.25) is 0 Å². The van der Waals surface area contributed by atoms with Gasteiger partial charge >= 0.3 is 0 Å². The number of amides is 1. The van der Waals surface area contributed by atoms with Crippen molar-refractivity contribution in [2.75, 3.05) is 20.1 Å². The van der Waals surface area contributed by atoms with Crippen molar-refractivity contribution in [3.05, 3.63) is 60.1 Å². The van der Waals surface area contributed by atoms with Crippen LogP contribution in [0.1, 0.15) is 38.0 Å². The number of aliphatic imine (C=N–C) groups is 1. The van der Waals surface area contributed by atoms with Crippen molar-refractivity contribution in [2.24, 2.45) is 4.99 Å². The predicted octanol–water partition coefficient (Wildman–Crippen LogP) is 2.82. The zero-order chi connectivity index (χ0) is 19.5. The van der Waals surface area contributed by atoms with Gasteiger partial charge in [0, 0.05) is 19.0 Å². The maximum absolute atomic E-state index is 12.0. The van der Waals surface area contributed by atoms with Crippen LogP contribution in [0.5, 0.6) is 0 Å².